The molecule has 0 aliphatic carbocycles. The molecule has 1 fully saturated rings. The summed E-state index contributed by atoms with van der Waals surface area (Å²) < 4.78 is 0. The van der Waals surface area contributed by atoms with E-state index in [2.05, 4.69) is 79.6 Å². The molecular weight excluding hydrogens is 256 g/mol. The van der Waals surface area contributed by atoms with Gasteiger partial charge in [-0.25, -0.2) is 0 Å². The predicted octanol–water partition coefficient (Wildman–Crippen LogP) is 3.08. The lowest BCUT2D eigenvalue weighted by molar-refractivity contribution is 0.123. The van der Waals surface area contributed by atoms with Crippen molar-refractivity contribution in [1.82, 2.24) is 10.2 Å². The maximum absolute atomic E-state index is 3.60. The van der Waals surface area contributed by atoms with Gasteiger partial charge in [-0.05, 0) is 37.6 Å². The Hall–Kier alpha value is -1.64. The largest absolute Gasteiger partial charge is 0.313 e. The van der Waals surface area contributed by atoms with Crippen LogP contribution in [0.3, 0.4) is 0 Å². The monoisotopic (exact) mass is 280 g/mol. The maximum Gasteiger partial charge on any atom is 0.0842 e. The molecule has 0 spiro atoms. The molecule has 2 aromatic carbocycles. The molecule has 110 valence electrons. The van der Waals surface area contributed by atoms with E-state index >= 15 is 0 Å². The summed E-state index contributed by atoms with van der Waals surface area (Å²) in [6.07, 6.45) is 0. The Morgan fingerprint density at radius 2 is 1.81 bits per heavy atom. The van der Waals surface area contributed by atoms with Gasteiger partial charge in [0.15, 0.2) is 0 Å². The number of rotatable bonds is 2. The van der Waals surface area contributed by atoms with E-state index in [1.807, 2.05) is 0 Å². The van der Waals surface area contributed by atoms with Gasteiger partial charge in [0.25, 0.3) is 0 Å². The molecule has 1 aliphatic heterocycles. The highest BCUT2D eigenvalue weighted by molar-refractivity contribution is 5.45. The Morgan fingerprint density at radius 3 is 2.48 bits per heavy atom. The first-order valence-electron chi connectivity index (χ1n) is 7.70. The van der Waals surface area contributed by atoms with E-state index < -0.39 is 0 Å². The van der Waals surface area contributed by atoms with Crippen molar-refractivity contribution < 1.29 is 0 Å². The van der Waals surface area contributed by atoms with Crippen molar-refractivity contribution in [2.45, 2.75) is 19.4 Å². The summed E-state index contributed by atoms with van der Waals surface area (Å²) >= 11 is 0. The number of likely N-dealkylation sites (N-methyl/N-ethyl adjacent to an activating group) is 1. The predicted molar refractivity (Wildman–Crippen MR) is 88.6 cm³/mol. The fourth-order valence-electron chi connectivity index (χ4n) is 3.61. The number of benzene rings is 2. The van der Waals surface area contributed by atoms with Gasteiger partial charge in [-0.15, -0.1) is 0 Å². The van der Waals surface area contributed by atoms with Crippen LogP contribution in [-0.2, 0) is 5.54 Å². The molecule has 1 N–H and O–H groups in total. The van der Waals surface area contributed by atoms with Crippen molar-refractivity contribution in [2.24, 2.45) is 0 Å². The van der Waals surface area contributed by atoms with Gasteiger partial charge >= 0.3 is 0 Å². The lowest BCUT2D eigenvalue weighted by Crippen LogP contribution is -2.58. The van der Waals surface area contributed by atoms with E-state index in [-0.39, 0.29) is 5.54 Å². The maximum atomic E-state index is 3.60. The number of hydrogen-bond acceptors (Lipinski definition) is 2. The lowest BCUT2D eigenvalue weighted by atomic mass is 9.78. The Kier molecular flexibility index (Phi) is 3.83. The third-order valence-corrected chi connectivity index (χ3v) is 4.74. The highest BCUT2D eigenvalue weighted by atomic mass is 15.2. The van der Waals surface area contributed by atoms with Crippen LogP contribution in [0.15, 0.2) is 48.5 Å². The minimum atomic E-state index is -0.0721. The van der Waals surface area contributed by atoms with Crippen LogP contribution in [-0.4, -0.2) is 31.6 Å². The van der Waals surface area contributed by atoms with Crippen LogP contribution in [0.4, 0.5) is 0 Å². The number of nitrogens with zero attached hydrogens (tertiary/aromatic N) is 1. The van der Waals surface area contributed by atoms with Crippen molar-refractivity contribution in [2.75, 3.05) is 26.7 Å². The zero-order valence-electron chi connectivity index (χ0n) is 13.2. The minimum absolute atomic E-state index is 0.0721. The molecule has 1 saturated heterocycles. The van der Waals surface area contributed by atoms with Crippen LogP contribution >= 0.6 is 0 Å². The topological polar surface area (TPSA) is 15.3 Å². The van der Waals surface area contributed by atoms with Crippen LogP contribution in [0, 0.1) is 13.8 Å². The highest BCUT2D eigenvalue weighted by Gasteiger charge is 2.40. The summed E-state index contributed by atoms with van der Waals surface area (Å²) in [5, 5.41) is 3.60. The molecule has 0 amide bonds. The van der Waals surface area contributed by atoms with Crippen LogP contribution in [0.2, 0.25) is 0 Å². The Labute approximate surface area is 127 Å². The van der Waals surface area contributed by atoms with E-state index in [1.165, 1.54) is 22.3 Å². The molecule has 0 saturated carbocycles. The molecule has 1 heterocycles. The van der Waals surface area contributed by atoms with E-state index in [4.69, 9.17) is 0 Å². The number of hydrogen-bond donors (Lipinski definition) is 1. The molecule has 2 nitrogen and oxygen atoms in total. The molecule has 21 heavy (non-hydrogen) atoms. The Bertz CT molecular complexity index is 621. The highest BCUT2D eigenvalue weighted by Crippen LogP contribution is 2.37. The lowest BCUT2D eigenvalue weighted by Gasteiger charge is -2.47. The Balaban J connectivity index is 2.21. The zero-order valence-corrected chi connectivity index (χ0v) is 13.2. The van der Waals surface area contributed by atoms with Crippen molar-refractivity contribution >= 4 is 0 Å². The average molecular weight is 280 g/mol. The second kappa shape index (κ2) is 5.63. The van der Waals surface area contributed by atoms with Crippen LogP contribution in [0.5, 0.6) is 0 Å². The molecule has 0 aromatic heterocycles. The summed E-state index contributed by atoms with van der Waals surface area (Å²) in [6.45, 7) is 7.46. The smallest absolute Gasteiger partial charge is 0.0842 e. The number of aryl methyl sites for hydroxylation is 2. The molecule has 1 unspecified atom stereocenters. The summed E-state index contributed by atoms with van der Waals surface area (Å²) in [5.74, 6) is 0. The SMILES string of the molecule is Cc1ccc(C2(c3ccccc3)CNCCN2C)c(C)c1. The second-order valence-corrected chi connectivity index (χ2v) is 6.14. The molecule has 0 radical (unpaired) electrons. The van der Waals surface area contributed by atoms with Gasteiger partial charge in [0.05, 0.1) is 5.54 Å². The van der Waals surface area contributed by atoms with Gasteiger partial charge in [-0.1, -0.05) is 54.1 Å². The van der Waals surface area contributed by atoms with Gasteiger partial charge < -0.3 is 5.32 Å². The minimum Gasteiger partial charge on any atom is -0.313 e. The van der Waals surface area contributed by atoms with Gasteiger partial charge in [-0.3, -0.25) is 4.90 Å². The van der Waals surface area contributed by atoms with Gasteiger partial charge in [0.2, 0.25) is 0 Å². The van der Waals surface area contributed by atoms with Gasteiger partial charge in [0, 0.05) is 19.6 Å². The van der Waals surface area contributed by atoms with Gasteiger partial charge in [-0.2, -0.15) is 0 Å². The number of piperazine rings is 1. The summed E-state index contributed by atoms with van der Waals surface area (Å²) in [6, 6.07) is 17.7. The fourth-order valence-corrected chi connectivity index (χ4v) is 3.61. The third-order valence-electron chi connectivity index (χ3n) is 4.74. The quantitative estimate of drug-likeness (QED) is 0.909. The van der Waals surface area contributed by atoms with Crippen LogP contribution < -0.4 is 5.32 Å². The summed E-state index contributed by atoms with van der Waals surface area (Å²) in [4.78, 5) is 2.50. The third kappa shape index (κ3) is 2.39. The van der Waals surface area contributed by atoms with E-state index in [0.29, 0.717) is 0 Å². The van der Waals surface area contributed by atoms with E-state index in [9.17, 15) is 0 Å². The van der Waals surface area contributed by atoms with Crippen LogP contribution in [0.1, 0.15) is 22.3 Å². The molecule has 2 aromatic rings. The molecule has 3 rings (SSSR count). The fraction of sp³-hybridized carbons (Fsp3) is 0.368. The molecular formula is C19H24N2. The first kappa shape index (κ1) is 14.3. The first-order chi connectivity index (χ1) is 10.1. The van der Waals surface area contributed by atoms with Crippen LogP contribution in [0.25, 0.3) is 0 Å². The van der Waals surface area contributed by atoms with Gasteiger partial charge in [0.1, 0.15) is 0 Å². The Morgan fingerprint density at radius 1 is 1.05 bits per heavy atom. The molecule has 0 bridgehead atoms. The van der Waals surface area contributed by atoms with Crippen molar-refractivity contribution in [3.05, 3.63) is 70.8 Å². The van der Waals surface area contributed by atoms with Crippen molar-refractivity contribution in [3.8, 4) is 0 Å². The summed E-state index contributed by atoms with van der Waals surface area (Å²) in [7, 11) is 2.24. The summed E-state index contributed by atoms with van der Waals surface area (Å²) in [5.41, 5.74) is 5.40. The molecule has 2 heteroatoms. The molecule has 1 aliphatic rings. The van der Waals surface area contributed by atoms with E-state index in [1.54, 1.807) is 0 Å². The normalized spacial score (nSPS) is 23.2. The average Bonchev–Trinajstić information content (AvgIpc) is 2.49. The first-order valence-corrected chi connectivity index (χ1v) is 7.70. The standard InChI is InChI=1S/C19H24N2/c1-15-9-10-18(16(2)13-15)19(14-20-11-12-21(19)3)17-7-5-4-6-8-17/h4-10,13,20H,11-12,14H2,1-3H3. The second-order valence-electron chi connectivity index (χ2n) is 6.14. The van der Waals surface area contributed by atoms with Crippen molar-refractivity contribution in [3.63, 3.8) is 0 Å². The number of nitrogens with one attached hydrogen (secondary N) is 1. The van der Waals surface area contributed by atoms with E-state index in [0.717, 1.165) is 19.6 Å². The zero-order chi connectivity index (χ0) is 14.9. The molecule has 1 atom stereocenters. The van der Waals surface area contributed by atoms with Crippen molar-refractivity contribution in [1.29, 1.82) is 0 Å².